The summed E-state index contributed by atoms with van der Waals surface area (Å²) in [5.41, 5.74) is 3.80. The highest BCUT2D eigenvalue weighted by Crippen LogP contribution is 2.28. The topological polar surface area (TPSA) is 49.8 Å². The molecule has 0 saturated carbocycles. The van der Waals surface area contributed by atoms with E-state index in [1.54, 1.807) is 0 Å². The van der Waals surface area contributed by atoms with Crippen LogP contribution in [0, 0.1) is 6.92 Å². The largest absolute Gasteiger partial charge is 0.492 e. The van der Waals surface area contributed by atoms with E-state index in [9.17, 15) is 9.90 Å². The second kappa shape index (κ2) is 10.3. The summed E-state index contributed by atoms with van der Waals surface area (Å²) in [7, 11) is 0. The first-order valence-corrected chi connectivity index (χ1v) is 12.2. The highest BCUT2D eigenvalue weighted by molar-refractivity contribution is 7.15. The molecule has 1 N–H and O–H groups in total. The van der Waals surface area contributed by atoms with Crippen LogP contribution < -0.4 is 4.74 Å². The second-order valence-corrected chi connectivity index (χ2v) is 9.82. The Morgan fingerprint density at radius 3 is 2.38 bits per heavy atom. The average molecular weight is 450 g/mol. The summed E-state index contributed by atoms with van der Waals surface area (Å²) in [5, 5.41) is 9.48. The Morgan fingerprint density at radius 2 is 1.78 bits per heavy atom. The van der Waals surface area contributed by atoms with Crippen molar-refractivity contribution < 1.29 is 14.6 Å². The molecule has 168 valence electrons. The molecule has 2 aromatic carbocycles. The van der Waals surface area contributed by atoms with Crippen molar-refractivity contribution in [2.75, 3.05) is 13.2 Å². The van der Waals surface area contributed by atoms with E-state index >= 15 is 0 Å². The molecule has 32 heavy (non-hydrogen) atoms. The normalized spacial score (nSPS) is 17.4. The number of nitrogens with zero attached hydrogens (tertiary/aromatic N) is 1. The monoisotopic (exact) mass is 449 g/mol. The summed E-state index contributed by atoms with van der Waals surface area (Å²) in [6.45, 7) is 5.44. The second-order valence-electron chi connectivity index (χ2n) is 8.54. The highest BCUT2D eigenvalue weighted by Gasteiger charge is 2.34. The van der Waals surface area contributed by atoms with E-state index in [4.69, 9.17) is 4.74 Å². The molecule has 4 nitrogen and oxygen atoms in total. The van der Waals surface area contributed by atoms with E-state index < -0.39 is 12.0 Å². The molecule has 0 amide bonds. The minimum atomic E-state index is -0.734. The predicted octanol–water partition coefficient (Wildman–Crippen LogP) is 6.02. The van der Waals surface area contributed by atoms with Gasteiger partial charge in [-0.05, 0) is 80.1 Å². The molecule has 0 aliphatic carbocycles. The van der Waals surface area contributed by atoms with Gasteiger partial charge in [-0.15, -0.1) is 11.3 Å². The van der Waals surface area contributed by atoms with Crippen molar-refractivity contribution in [3.05, 3.63) is 76.7 Å². The van der Waals surface area contributed by atoms with Crippen LogP contribution >= 0.6 is 11.3 Å². The Balaban J connectivity index is 1.32. The lowest BCUT2D eigenvalue weighted by Gasteiger charge is -2.29. The number of hydrogen-bond acceptors (Lipinski definition) is 4. The van der Waals surface area contributed by atoms with Crippen molar-refractivity contribution in [2.24, 2.45) is 0 Å². The number of aryl methyl sites for hydroxylation is 1. The van der Waals surface area contributed by atoms with Crippen molar-refractivity contribution in [3.63, 3.8) is 0 Å². The van der Waals surface area contributed by atoms with Crippen LogP contribution in [-0.2, 0) is 11.2 Å². The van der Waals surface area contributed by atoms with Gasteiger partial charge in [0.15, 0.2) is 0 Å². The summed E-state index contributed by atoms with van der Waals surface area (Å²) in [4.78, 5) is 16.3. The standard InChI is InChI=1S/C27H31NO3S/c1-3-25(27(29)30)28-16-4-5-23(28)18-31-24-13-9-21(10-14-24)17-20-7-11-22(12-8-20)26-15-6-19(2)32-26/h6-15,23,25H,3-5,16-18H2,1-2H3,(H,29,30)/t23-,25?/m1/s1. The smallest absolute Gasteiger partial charge is 0.320 e. The first-order chi connectivity index (χ1) is 15.5. The van der Waals surface area contributed by atoms with Gasteiger partial charge < -0.3 is 9.84 Å². The van der Waals surface area contributed by atoms with Gasteiger partial charge in [0, 0.05) is 15.8 Å². The van der Waals surface area contributed by atoms with Crippen molar-refractivity contribution in [3.8, 4) is 16.2 Å². The Bertz CT molecular complexity index is 1030. The number of carboxylic acids is 1. The number of carbonyl (C=O) groups is 1. The van der Waals surface area contributed by atoms with Gasteiger partial charge in [0.25, 0.3) is 0 Å². The van der Waals surface area contributed by atoms with Crippen LogP contribution in [0.1, 0.15) is 42.2 Å². The molecule has 0 radical (unpaired) electrons. The summed E-state index contributed by atoms with van der Waals surface area (Å²) in [6.07, 6.45) is 3.52. The molecule has 2 atom stereocenters. The summed E-state index contributed by atoms with van der Waals surface area (Å²) >= 11 is 1.82. The Labute approximate surface area is 194 Å². The maximum atomic E-state index is 11.5. The molecular formula is C27H31NO3S. The van der Waals surface area contributed by atoms with Crippen molar-refractivity contribution in [1.29, 1.82) is 0 Å². The quantitative estimate of drug-likeness (QED) is 0.434. The van der Waals surface area contributed by atoms with Crippen LogP contribution in [-0.4, -0.2) is 41.2 Å². The van der Waals surface area contributed by atoms with Gasteiger partial charge >= 0.3 is 5.97 Å². The Kier molecular flexibility index (Phi) is 7.28. The van der Waals surface area contributed by atoms with Crippen LogP contribution in [0.15, 0.2) is 60.7 Å². The molecule has 0 bridgehead atoms. The molecule has 1 fully saturated rings. The molecule has 1 saturated heterocycles. The molecule has 5 heteroatoms. The van der Waals surface area contributed by atoms with Gasteiger partial charge in [0.1, 0.15) is 18.4 Å². The SMILES string of the molecule is CCC(C(=O)O)N1CCC[C@@H]1COc1ccc(Cc2ccc(-c3ccc(C)s3)cc2)cc1. The van der Waals surface area contributed by atoms with E-state index in [1.165, 1.54) is 26.4 Å². The Hall–Kier alpha value is -2.63. The zero-order chi connectivity index (χ0) is 22.5. The minimum Gasteiger partial charge on any atom is -0.492 e. The number of ether oxygens (including phenoxy) is 1. The number of thiophene rings is 1. The third-order valence-corrected chi connectivity index (χ3v) is 7.30. The van der Waals surface area contributed by atoms with E-state index in [-0.39, 0.29) is 6.04 Å². The van der Waals surface area contributed by atoms with E-state index in [2.05, 4.69) is 60.4 Å². The van der Waals surface area contributed by atoms with Gasteiger partial charge in [-0.25, -0.2) is 0 Å². The fourth-order valence-corrected chi connectivity index (χ4v) is 5.38. The fourth-order valence-electron chi connectivity index (χ4n) is 4.51. The average Bonchev–Trinajstić information content (AvgIpc) is 3.43. The molecule has 4 rings (SSSR count). The Morgan fingerprint density at radius 1 is 1.09 bits per heavy atom. The minimum absolute atomic E-state index is 0.168. The zero-order valence-corrected chi connectivity index (χ0v) is 19.6. The molecule has 2 heterocycles. The molecule has 1 aliphatic heterocycles. The number of carboxylic acid groups (broad SMARTS) is 1. The highest BCUT2D eigenvalue weighted by atomic mass is 32.1. The van der Waals surface area contributed by atoms with Crippen LogP contribution in [0.3, 0.4) is 0 Å². The van der Waals surface area contributed by atoms with E-state index in [0.717, 1.165) is 31.6 Å². The number of likely N-dealkylation sites (tertiary alicyclic amines) is 1. The third kappa shape index (κ3) is 5.40. The van der Waals surface area contributed by atoms with Crippen molar-refractivity contribution >= 4 is 17.3 Å². The lowest BCUT2D eigenvalue weighted by molar-refractivity contribution is -0.144. The summed E-state index contributed by atoms with van der Waals surface area (Å²) in [6, 6.07) is 21.2. The maximum Gasteiger partial charge on any atom is 0.320 e. The first-order valence-electron chi connectivity index (χ1n) is 11.4. The molecule has 0 spiro atoms. The van der Waals surface area contributed by atoms with E-state index in [1.807, 2.05) is 30.4 Å². The molecule has 1 aromatic heterocycles. The molecule has 3 aromatic rings. The van der Waals surface area contributed by atoms with E-state index in [0.29, 0.717) is 13.0 Å². The van der Waals surface area contributed by atoms with Gasteiger partial charge in [-0.3, -0.25) is 9.69 Å². The number of hydrogen-bond donors (Lipinski definition) is 1. The summed E-state index contributed by atoms with van der Waals surface area (Å²) in [5.74, 6) is 0.106. The predicted molar refractivity (Wildman–Crippen MR) is 131 cm³/mol. The molecular weight excluding hydrogens is 418 g/mol. The third-order valence-electron chi connectivity index (χ3n) is 6.25. The van der Waals surface area contributed by atoms with Gasteiger partial charge in [-0.2, -0.15) is 0 Å². The fraction of sp³-hybridized carbons (Fsp3) is 0.370. The van der Waals surface area contributed by atoms with Crippen molar-refractivity contribution in [2.45, 2.75) is 51.6 Å². The van der Waals surface area contributed by atoms with Crippen LogP contribution in [0.2, 0.25) is 0 Å². The number of aliphatic carboxylic acids is 1. The van der Waals surface area contributed by atoms with Gasteiger partial charge in [-0.1, -0.05) is 43.3 Å². The zero-order valence-electron chi connectivity index (χ0n) is 18.8. The maximum absolute atomic E-state index is 11.5. The first kappa shape index (κ1) is 22.6. The van der Waals surface area contributed by atoms with Gasteiger partial charge in [0.2, 0.25) is 0 Å². The van der Waals surface area contributed by atoms with Crippen LogP contribution in [0.5, 0.6) is 5.75 Å². The van der Waals surface area contributed by atoms with Gasteiger partial charge in [0.05, 0.1) is 0 Å². The number of rotatable bonds is 9. The number of benzene rings is 2. The lowest BCUT2D eigenvalue weighted by Crippen LogP contribution is -2.45. The summed E-state index contributed by atoms with van der Waals surface area (Å²) < 4.78 is 6.03. The molecule has 1 unspecified atom stereocenters. The van der Waals surface area contributed by atoms with Crippen LogP contribution in [0.4, 0.5) is 0 Å². The molecule has 1 aliphatic rings. The lowest BCUT2D eigenvalue weighted by atomic mass is 10.0. The van der Waals surface area contributed by atoms with Crippen LogP contribution in [0.25, 0.3) is 10.4 Å². The van der Waals surface area contributed by atoms with Crippen molar-refractivity contribution in [1.82, 2.24) is 4.90 Å².